The largest absolute Gasteiger partial charge is 0.368 e. The fraction of sp³-hybridized carbons (Fsp3) is 0.533. The second-order valence-electron chi connectivity index (χ2n) is 5.58. The highest BCUT2D eigenvalue weighted by molar-refractivity contribution is 9.10. The van der Waals surface area contributed by atoms with Crippen molar-refractivity contribution in [1.82, 2.24) is 5.32 Å². The van der Waals surface area contributed by atoms with Crippen LogP contribution in [0.1, 0.15) is 34.1 Å². The molecule has 0 bridgehead atoms. The van der Waals surface area contributed by atoms with Gasteiger partial charge in [0.05, 0.1) is 5.54 Å². The highest BCUT2D eigenvalue weighted by Crippen LogP contribution is 2.29. The van der Waals surface area contributed by atoms with Crippen molar-refractivity contribution in [3.63, 3.8) is 0 Å². The molecule has 1 aromatic carbocycles. The molecule has 1 amide bonds. The number of nitrogens with two attached hydrogens (primary N) is 1. The number of benzene rings is 1. The molecule has 0 aliphatic rings. The number of hydrogen-bond donors (Lipinski definition) is 2. The van der Waals surface area contributed by atoms with Gasteiger partial charge in [-0.1, -0.05) is 22.9 Å². The normalized spacial score (nSPS) is 15.9. The minimum atomic E-state index is -0.671. The maximum atomic E-state index is 11.7. The number of nitrogens with one attached hydrogen (secondary N) is 1. The van der Waals surface area contributed by atoms with Crippen molar-refractivity contribution in [3.05, 3.63) is 28.7 Å². The lowest BCUT2D eigenvalue weighted by molar-refractivity contribution is -0.124. The second kappa shape index (κ2) is 7.48. The Kier molecular flexibility index (Phi) is 6.55. The Morgan fingerprint density at radius 3 is 2.35 bits per heavy atom. The van der Waals surface area contributed by atoms with Crippen molar-refractivity contribution >= 4 is 33.6 Å². The lowest BCUT2D eigenvalue weighted by atomic mass is 9.94. The Balaban J connectivity index is 2.69. The van der Waals surface area contributed by atoms with Gasteiger partial charge in [0.2, 0.25) is 5.91 Å². The molecule has 2 atom stereocenters. The molecule has 0 fully saturated rings. The number of amides is 1. The Hall–Kier alpha value is -0.520. The number of hydrogen-bond acceptors (Lipinski definition) is 3. The quantitative estimate of drug-likeness (QED) is 0.732. The van der Waals surface area contributed by atoms with Gasteiger partial charge >= 0.3 is 0 Å². The van der Waals surface area contributed by atoms with E-state index in [9.17, 15) is 4.79 Å². The number of primary amides is 1. The van der Waals surface area contributed by atoms with Crippen molar-refractivity contribution in [2.45, 2.75) is 55.8 Å². The summed E-state index contributed by atoms with van der Waals surface area (Å²) in [6.45, 7) is 8.05. The molecule has 0 saturated carbocycles. The van der Waals surface area contributed by atoms with Crippen LogP contribution in [-0.4, -0.2) is 22.7 Å². The third kappa shape index (κ3) is 5.46. The summed E-state index contributed by atoms with van der Waals surface area (Å²) in [6.07, 6.45) is 0.696. The summed E-state index contributed by atoms with van der Waals surface area (Å²) in [6, 6.07) is 8.41. The zero-order valence-corrected chi connectivity index (χ0v) is 14.8. The molecule has 1 aromatic rings. The zero-order chi connectivity index (χ0) is 15.3. The van der Waals surface area contributed by atoms with Crippen molar-refractivity contribution in [3.8, 4) is 0 Å². The Bertz CT molecular complexity index is 450. The van der Waals surface area contributed by atoms with Crippen LogP contribution >= 0.6 is 27.7 Å². The molecule has 0 aliphatic carbocycles. The molecule has 0 aliphatic heterocycles. The van der Waals surface area contributed by atoms with E-state index in [-0.39, 0.29) is 11.9 Å². The van der Waals surface area contributed by atoms with Gasteiger partial charge in [-0.2, -0.15) is 0 Å². The Labute approximate surface area is 134 Å². The molecule has 0 spiro atoms. The predicted molar refractivity (Wildman–Crippen MR) is 89.9 cm³/mol. The van der Waals surface area contributed by atoms with Crippen LogP contribution in [0.3, 0.4) is 0 Å². The summed E-state index contributed by atoms with van der Waals surface area (Å²) in [5.74, 6) is -0.297. The van der Waals surface area contributed by atoms with Gasteiger partial charge in [-0.05, 0) is 51.5 Å². The maximum Gasteiger partial charge on any atom is 0.237 e. The first-order chi connectivity index (χ1) is 9.23. The fourth-order valence-electron chi connectivity index (χ4n) is 2.23. The van der Waals surface area contributed by atoms with E-state index in [2.05, 4.69) is 40.3 Å². The van der Waals surface area contributed by atoms with Gasteiger partial charge in [0, 0.05) is 20.7 Å². The van der Waals surface area contributed by atoms with Crippen LogP contribution in [0.4, 0.5) is 0 Å². The first-order valence-electron chi connectivity index (χ1n) is 6.73. The Morgan fingerprint density at radius 1 is 1.35 bits per heavy atom. The van der Waals surface area contributed by atoms with Crippen molar-refractivity contribution in [1.29, 1.82) is 0 Å². The molecule has 2 unspecified atom stereocenters. The summed E-state index contributed by atoms with van der Waals surface area (Å²) in [7, 11) is 0. The zero-order valence-electron chi connectivity index (χ0n) is 12.4. The number of halogens is 1. The first-order valence-corrected chi connectivity index (χ1v) is 8.40. The summed E-state index contributed by atoms with van der Waals surface area (Å²) in [4.78, 5) is 12.9. The maximum absolute atomic E-state index is 11.7. The molecule has 20 heavy (non-hydrogen) atoms. The molecule has 0 aromatic heterocycles. The molecule has 0 heterocycles. The highest BCUT2D eigenvalue weighted by atomic mass is 79.9. The fourth-order valence-corrected chi connectivity index (χ4v) is 3.67. The minimum Gasteiger partial charge on any atom is -0.368 e. The third-order valence-corrected chi connectivity index (χ3v) is 4.64. The van der Waals surface area contributed by atoms with Gasteiger partial charge in [-0.25, -0.2) is 0 Å². The number of rotatable bonds is 7. The SMILES string of the molecule is CC(C)NC(C)(CC(C)Sc1ccc(Br)cc1)C(N)=O. The lowest BCUT2D eigenvalue weighted by Gasteiger charge is -2.32. The van der Waals surface area contributed by atoms with Crippen molar-refractivity contribution in [2.24, 2.45) is 5.73 Å². The highest BCUT2D eigenvalue weighted by Gasteiger charge is 2.33. The molecule has 1 rings (SSSR count). The van der Waals surface area contributed by atoms with Gasteiger partial charge < -0.3 is 11.1 Å². The van der Waals surface area contributed by atoms with Gasteiger partial charge in [-0.3, -0.25) is 4.79 Å². The smallest absolute Gasteiger partial charge is 0.237 e. The standard InChI is InChI=1S/C15H23BrN2OS/c1-10(2)18-15(4,14(17)19)9-11(3)20-13-7-5-12(16)6-8-13/h5-8,10-11,18H,9H2,1-4H3,(H2,17,19). The van der Waals surface area contributed by atoms with Crippen LogP contribution in [0.15, 0.2) is 33.6 Å². The van der Waals surface area contributed by atoms with Gasteiger partial charge in [-0.15, -0.1) is 11.8 Å². The molecule has 0 saturated heterocycles. The van der Waals surface area contributed by atoms with Gasteiger partial charge in [0.15, 0.2) is 0 Å². The summed E-state index contributed by atoms with van der Waals surface area (Å²) < 4.78 is 1.07. The minimum absolute atomic E-state index is 0.220. The third-order valence-electron chi connectivity index (χ3n) is 3.00. The van der Waals surface area contributed by atoms with E-state index in [1.54, 1.807) is 11.8 Å². The van der Waals surface area contributed by atoms with E-state index in [1.165, 1.54) is 4.90 Å². The average molecular weight is 359 g/mol. The number of carbonyl (C=O) groups is 1. The van der Waals surface area contributed by atoms with E-state index in [4.69, 9.17) is 5.73 Å². The van der Waals surface area contributed by atoms with E-state index in [0.717, 1.165) is 4.47 Å². The van der Waals surface area contributed by atoms with E-state index in [0.29, 0.717) is 11.7 Å². The first kappa shape index (κ1) is 17.5. The average Bonchev–Trinajstić information content (AvgIpc) is 2.30. The Morgan fingerprint density at radius 2 is 1.90 bits per heavy atom. The topological polar surface area (TPSA) is 55.1 Å². The van der Waals surface area contributed by atoms with E-state index < -0.39 is 5.54 Å². The summed E-state index contributed by atoms with van der Waals surface area (Å²) >= 11 is 5.18. The molecular weight excluding hydrogens is 336 g/mol. The van der Waals surface area contributed by atoms with Crippen LogP contribution in [-0.2, 0) is 4.79 Å². The van der Waals surface area contributed by atoms with E-state index >= 15 is 0 Å². The molecule has 5 heteroatoms. The van der Waals surface area contributed by atoms with Crippen LogP contribution in [0.2, 0.25) is 0 Å². The summed E-state index contributed by atoms with van der Waals surface area (Å²) in [5, 5.41) is 3.58. The van der Waals surface area contributed by atoms with E-state index in [1.807, 2.05) is 32.9 Å². The van der Waals surface area contributed by atoms with Crippen molar-refractivity contribution in [2.75, 3.05) is 0 Å². The monoisotopic (exact) mass is 358 g/mol. The molecule has 0 radical (unpaired) electrons. The van der Waals surface area contributed by atoms with Gasteiger partial charge in [0.25, 0.3) is 0 Å². The van der Waals surface area contributed by atoms with Crippen LogP contribution in [0.25, 0.3) is 0 Å². The van der Waals surface area contributed by atoms with Crippen LogP contribution < -0.4 is 11.1 Å². The van der Waals surface area contributed by atoms with Crippen molar-refractivity contribution < 1.29 is 4.79 Å². The van der Waals surface area contributed by atoms with Crippen LogP contribution in [0.5, 0.6) is 0 Å². The summed E-state index contributed by atoms with van der Waals surface area (Å²) in [5.41, 5.74) is 4.89. The molecule has 3 nitrogen and oxygen atoms in total. The second-order valence-corrected chi connectivity index (χ2v) is 8.01. The molecule has 112 valence electrons. The van der Waals surface area contributed by atoms with Crippen LogP contribution in [0, 0.1) is 0 Å². The number of thioether (sulfide) groups is 1. The lowest BCUT2D eigenvalue weighted by Crippen LogP contribution is -2.56. The van der Waals surface area contributed by atoms with Gasteiger partial charge in [0.1, 0.15) is 0 Å². The number of carbonyl (C=O) groups excluding carboxylic acids is 1. The molecule has 3 N–H and O–H groups in total. The predicted octanol–water partition coefficient (Wildman–Crippen LogP) is 3.56. The molecular formula is C15H23BrN2OS.